The highest BCUT2D eigenvalue weighted by atomic mass is 19.4. The number of carbonyl (C=O) groups is 1. The third-order valence-electron chi connectivity index (χ3n) is 4.97. The minimum absolute atomic E-state index is 0.165. The summed E-state index contributed by atoms with van der Waals surface area (Å²) in [4.78, 5) is 22.8. The molecule has 2 fully saturated rings. The molecule has 6 nitrogen and oxygen atoms in total. The minimum atomic E-state index is -4.42. The molecule has 3 rings (SSSR count). The van der Waals surface area contributed by atoms with E-state index in [1.807, 2.05) is 4.90 Å². The maximum absolute atomic E-state index is 12.6. The van der Waals surface area contributed by atoms with E-state index in [1.165, 1.54) is 0 Å². The summed E-state index contributed by atoms with van der Waals surface area (Å²) in [6.45, 7) is 3.40. The third-order valence-corrected chi connectivity index (χ3v) is 4.97. The third kappa shape index (κ3) is 3.61. The van der Waals surface area contributed by atoms with E-state index >= 15 is 0 Å². The Balaban J connectivity index is 1.58. The summed E-state index contributed by atoms with van der Waals surface area (Å²) >= 11 is 0. The lowest BCUT2D eigenvalue weighted by molar-refractivity contribution is -0.138. The van der Waals surface area contributed by atoms with Crippen LogP contribution in [0.25, 0.3) is 0 Å². The van der Waals surface area contributed by atoms with Crippen molar-refractivity contribution < 1.29 is 18.0 Å². The number of hydrogen-bond donors (Lipinski definition) is 1. The number of halogens is 3. The second-order valence-corrected chi connectivity index (χ2v) is 6.68. The first-order chi connectivity index (χ1) is 11.3. The predicted octanol–water partition coefficient (Wildman–Crippen LogP) is 1.27. The van der Waals surface area contributed by atoms with Crippen molar-refractivity contribution in [3.63, 3.8) is 0 Å². The van der Waals surface area contributed by atoms with Gasteiger partial charge in [-0.25, -0.2) is 9.97 Å². The summed E-state index contributed by atoms with van der Waals surface area (Å²) in [5.41, 5.74) is 4.57. The summed E-state index contributed by atoms with van der Waals surface area (Å²) in [5.74, 6) is 0.0208. The summed E-state index contributed by atoms with van der Waals surface area (Å²) < 4.78 is 37.7. The molecule has 3 heterocycles. The van der Waals surface area contributed by atoms with Crippen molar-refractivity contribution in [1.82, 2.24) is 14.9 Å². The van der Waals surface area contributed by atoms with E-state index in [2.05, 4.69) is 14.9 Å². The average Bonchev–Trinajstić information content (AvgIpc) is 2.89. The molecule has 2 aliphatic heterocycles. The van der Waals surface area contributed by atoms with Gasteiger partial charge in [-0.15, -0.1) is 0 Å². The Bertz CT molecular complexity index is 596. The predicted molar refractivity (Wildman–Crippen MR) is 81.2 cm³/mol. The lowest BCUT2D eigenvalue weighted by atomic mass is 9.78. The Kier molecular flexibility index (Phi) is 4.37. The van der Waals surface area contributed by atoms with Gasteiger partial charge in [0, 0.05) is 32.0 Å². The van der Waals surface area contributed by atoms with Crippen LogP contribution in [0, 0.1) is 5.41 Å². The Labute approximate surface area is 137 Å². The standard InChI is InChI=1S/C15H20F3N5O/c16-15(17,18)11-7-20-13(21-8-11)23-5-2-14(3-6-23)1-4-22(10-14)9-12(19)24/h7-8H,1-6,9-10H2,(H2,19,24). The van der Waals surface area contributed by atoms with Crippen molar-refractivity contribution in [3.05, 3.63) is 18.0 Å². The highest BCUT2D eigenvalue weighted by Crippen LogP contribution is 2.40. The molecular formula is C15H20F3N5O. The fourth-order valence-electron chi connectivity index (χ4n) is 3.60. The molecule has 1 amide bonds. The zero-order valence-electron chi connectivity index (χ0n) is 13.2. The highest BCUT2D eigenvalue weighted by molar-refractivity contribution is 5.75. The van der Waals surface area contributed by atoms with Crippen LogP contribution in [0.5, 0.6) is 0 Å². The normalized spacial score (nSPS) is 21.4. The van der Waals surface area contributed by atoms with Gasteiger partial charge >= 0.3 is 6.18 Å². The lowest BCUT2D eigenvalue weighted by Crippen LogP contribution is -2.43. The van der Waals surface area contributed by atoms with Gasteiger partial charge < -0.3 is 10.6 Å². The van der Waals surface area contributed by atoms with Crippen LogP contribution in [-0.4, -0.2) is 53.5 Å². The van der Waals surface area contributed by atoms with Gasteiger partial charge in [-0.3, -0.25) is 9.69 Å². The van der Waals surface area contributed by atoms with Crippen LogP contribution in [0.4, 0.5) is 19.1 Å². The van der Waals surface area contributed by atoms with Crippen molar-refractivity contribution >= 4 is 11.9 Å². The Hall–Kier alpha value is -1.90. The molecule has 2 N–H and O–H groups in total. The van der Waals surface area contributed by atoms with Crippen LogP contribution in [0.1, 0.15) is 24.8 Å². The molecule has 0 saturated carbocycles. The first-order valence-electron chi connectivity index (χ1n) is 7.92. The van der Waals surface area contributed by atoms with Gasteiger partial charge in [0.1, 0.15) is 0 Å². The summed E-state index contributed by atoms with van der Waals surface area (Å²) in [6.07, 6.45) is 0.0766. The first-order valence-corrected chi connectivity index (χ1v) is 7.92. The van der Waals surface area contributed by atoms with E-state index in [4.69, 9.17) is 5.73 Å². The van der Waals surface area contributed by atoms with Crippen LogP contribution in [0.15, 0.2) is 12.4 Å². The van der Waals surface area contributed by atoms with Crippen LogP contribution >= 0.6 is 0 Å². The van der Waals surface area contributed by atoms with E-state index in [0.29, 0.717) is 19.0 Å². The molecule has 2 saturated heterocycles. The SMILES string of the molecule is NC(=O)CN1CCC2(CCN(c3ncc(C(F)(F)F)cn3)CC2)C1. The van der Waals surface area contributed by atoms with Crippen molar-refractivity contribution in [2.45, 2.75) is 25.4 Å². The zero-order chi connectivity index (χ0) is 17.4. The maximum atomic E-state index is 12.6. The molecule has 0 radical (unpaired) electrons. The van der Waals surface area contributed by atoms with Crippen LogP contribution in [0.2, 0.25) is 0 Å². The van der Waals surface area contributed by atoms with E-state index in [9.17, 15) is 18.0 Å². The number of piperidine rings is 1. The quantitative estimate of drug-likeness (QED) is 0.895. The number of anilines is 1. The number of aromatic nitrogens is 2. The molecule has 0 unspecified atom stereocenters. The molecule has 0 aliphatic carbocycles. The van der Waals surface area contributed by atoms with Gasteiger partial charge in [-0.2, -0.15) is 13.2 Å². The molecule has 1 spiro atoms. The van der Waals surface area contributed by atoms with Gasteiger partial charge in [0.15, 0.2) is 0 Å². The number of nitrogens with two attached hydrogens (primary N) is 1. The van der Waals surface area contributed by atoms with Crippen LogP contribution in [0.3, 0.4) is 0 Å². The first kappa shape index (κ1) is 16.9. The minimum Gasteiger partial charge on any atom is -0.369 e. The summed E-state index contributed by atoms with van der Waals surface area (Å²) in [6, 6.07) is 0. The van der Waals surface area contributed by atoms with Crippen molar-refractivity contribution in [2.75, 3.05) is 37.6 Å². The summed E-state index contributed by atoms with van der Waals surface area (Å²) in [7, 11) is 0. The highest BCUT2D eigenvalue weighted by Gasteiger charge is 2.41. The van der Waals surface area contributed by atoms with Crippen molar-refractivity contribution in [1.29, 1.82) is 0 Å². The monoisotopic (exact) mass is 343 g/mol. The molecule has 2 aliphatic rings. The van der Waals surface area contributed by atoms with E-state index in [1.54, 1.807) is 0 Å². The second-order valence-electron chi connectivity index (χ2n) is 6.68. The molecule has 9 heteroatoms. The van der Waals surface area contributed by atoms with Gasteiger partial charge in [-0.1, -0.05) is 0 Å². The number of primary amides is 1. The molecule has 0 bridgehead atoms. The van der Waals surface area contributed by atoms with E-state index in [-0.39, 0.29) is 17.9 Å². The van der Waals surface area contributed by atoms with Gasteiger partial charge in [0.2, 0.25) is 11.9 Å². The number of likely N-dealkylation sites (tertiary alicyclic amines) is 1. The topological polar surface area (TPSA) is 75.4 Å². The number of hydrogen-bond acceptors (Lipinski definition) is 5. The number of nitrogens with zero attached hydrogens (tertiary/aromatic N) is 4. The van der Waals surface area contributed by atoms with E-state index in [0.717, 1.165) is 44.7 Å². The molecule has 1 aromatic heterocycles. The molecular weight excluding hydrogens is 323 g/mol. The maximum Gasteiger partial charge on any atom is 0.419 e. The van der Waals surface area contributed by atoms with Crippen LogP contribution < -0.4 is 10.6 Å². The van der Waals surface area contributed by atoms with Gasteiger partial charge in [0.05, 0.1) is 12.1 Å². The Morgan fingerprint density at radius 2 is 1.75 bits per heavy atom. The number of rotatable bonds is 3. The second kappa shape index (κ2) is 6.19. The van der Waals surface area contributed by atoms with E-state index < -0.39 is 11.7 Å². The Morgan fingerprint density at radius 3 is 2.29 bits per heavy atom. The average molecular weight is 343 g/mol. The molecule has 0 aromatic carbocycles. The molecule has 24 heavy (non-hydrogen) atoms. The smallest absolute Gasteiger partial charge is 0.369 e. The van der Waals surface area contributed by atoms with Crippen molar-refractivity contribution in [3.8, 4) is 0 Å². The lowest BCUT2D eigenvalue weighted by Gasteiger charge is -2.39. The molecule has 132 valence electrons. The van der Waals surface area contributed by atoms with Gasteiger partial charge in [-0.05, 0) is 31.2 Å². The number of alkyl halides is 3. The number of carbonyl (C=O) groups excluding carboxylic acids is 1. The number of amides is 1. The molecule has 1 aromatic rings. The fourth-order valence-corrected chi connectivity index (χ4v) is 3.60. The van der Waals surface area contributed by atoms with Crippen LogP contribution in [-0.2, 0) is 11.0 Å². The summed E-state index contributed by atoms with van der Waals surface area (Å²) in [5, 5.41) is 0. The zero-order valence-corrected chi connectivity index (χ0v) is 13.2. The fraction of sp³-hybridized carbons (Fsp3) is 0.667. The van der Waals surface area contributed by atoms with Crippen molar-refractivity contribution in [2.24, 2.45) is 11.1 Å². The van der Waals surface area contributed by atoms with Gasteiger partial charge in [0.25, 0.3) is 0 Å². The Morgan fingerprint density at radius 1 is 1.17 bits per heavy atom. The molecule has 0 atom stereocenters. The largest absolute Gasteiger partial charge is 0.419 e.